The van der Waals surface area contributed by atoms with E-state index in [1.807, 2.05) is 25.7 Å². The molecule has 1 amide bonds. The SMILES string of the molecule is CCC1CCCCC1C(N)C1CCN(C(=O)OC(C)(C)C)C1. The number of amides is 1. The second-order valence-electron chi connectivity index (χ2n) is 8.17. The average Bonchev–Trinajstić information content (AvgIpc) is 2.94. The van der Waals surface area contributed by atoms with Crippen LogP contribution in [0, 0.1) is 17.8 Å². The highest BCUT2D eigenvalue weighted by molar-refractivity contribution is 5.68. The fraction of sp³-hybridized carbons (Fsp3) is 0.944. The van der Waals surface area contributed by atoms with Crippen LogP contribution in [0.2, 0.25) is 0 Å². The molecule has 4 unspecified atom stereocenters. The summed E-state index contributed by atoms with van der Waals surface area (Å²) >= 11 is 0. The molecule has 0 bridgehead atoms. The Balaban J connectivity index is 1.90. The third-order valence-electron chi connectivity index (χ3n) is 5.41. The average molecular weight is 310 g/mol. The van der Waals surface area contributed by atoms with Gasteiger partial charge < -0.3 is 15.4 Å². The Hall–Kier alpha value is -0.770. The maximum Gasteiger partial charge on any atom is 0.410 e. The first-order valence-electron chi connectivity index (χ1n) is 9.05. The van der Waals surface area contributed by atoms with E-state index in [9.17, 15) is 4.79 Å². The van der Waals surface area contributed by atoms with E-state index in [-0.39, 0.29) is 12.1 Å². The molecule has 2 N–H and O–H groups in total. The lowest BCUT2D eigenvalue weighted by molar-refractivity contribution is 0.0282. The lowest BCUT2D eigenvalue weighted by atomic mass is 9.71. The number of hydrogen-bond acceptors (Lipinski definition) is 3. The van der Waals surface area contributed by atoms with E-state index in [4.69, 9.17) is 10.5 Å². The Labute approximate surface area is 135 Å². The number of carbonyl (C=O) groups excluding carboxylic acids is 1. The molecule has 4 nitrogen and oxygen atoms in total. The first-order chi connectivity index (χ1) is 10.3. The molecule has 0 aromatic carbocycles. The zero-order valence-corrected chi connectivity index (χ0v) is 14.8. The van der Waals surface area contributed by atoms with Crippen molar-refractivity contribution < 1.29 is 9.53 Å². The summed E-state index contributed by atoms with van der Waals surface area (Å²) in [6.45, 7) is 9.59. The molecule has 1 aliphatic carbocycles. The van der Waals surface area contributed by atoms with Crippen LogP contribution in [0.1, 0.15) is 66.2 Å². The van der Waals surface area contributed by atoms with Gasteiger partial charge in [-0.3, -0.25) is 0 Å². The summed E-state index contributed by atoms with van der Waals surface area (Å²) in [5.74, 6) is 1.85. The van der Waals surface area contributed by atoms with E-state index in [1.54, 1.807) is 0 Å². The third kappa shape index (κ3) is 4.37. The Bertz CT molecular complexity index is 378. The maximum atomic E-state index is 12.2. The van der Waals surface area contributed by atoms with Gasteiger partial charge in [0.15, 0.2) is 0 Å². The second-order valence-corrected chi connectivity index (χ2v) is 8.17. The van der Waals surface area contributed by atoms with E-state index in [1.165, 1.54) is 32.1 Å². The van der Waals surface area contributed by atoms with Gasteiger partial charge in [0, 0.05) is 19.1 Å². The second kappa shape index (κ2) is 7.20. The molecule has 4 atom stereocenters. The van der Waals surface area contributed by atoms with Crippen LogP contribution in [0.3, 0.4) is 0 Å². The molecule has 2 fully saturated rings. The van der Waals surface area contributed by atoms with Gasteiger partial charge in [-0.15, -0.1) is 0 Å². The highest BCUT2D eigenvalue weighted by Crippen LogP contribution is 2.37. The minimum Gasteiger partial charge on any atom is -0.444 e. The molecule has 0 aromatic rings. The highest BCUT2D eigenvalue weighted by Gasteiger charge is 2.38. The fourth-order valence-electron chi connectivity index (χ4n) is 4.19. The predicted octanol–water partition coefficient (Wildman–Crippen LogP) is 3.79. The quantitative estimate of drug-likeness (QED) is 0.863. The number of ether oxygens (including phenoxy) is 1. The Kier molecular flexibility index (Phi) is 5.76. The molecule has 1 heterocycles. The number of nitrogens with two attached hydrogens (primary N) is 1. The molecular formula is C18H34N2O2. The highest BCUT2D eigenvalue weighted by atomic mass is 16.6. The van der Waals surface area contributed by atoms with Gasteiger partial charge in [0.1, 0.15) is 5.60 Å². The zero-order valence-electron chi connectivity index (χ0n) is 14.8. The topological polar surface area (TPSA) is 55.6 Å². The van der Waals surface area contributed by atoms with Gasteiger partial charge in [-0.05, 0) is 51.4 Å². The van der Waals surface area contributed by atoms with E-state index >= 15 is 0 Å². The molecule has 1 aliphatic heterocycles. The number of nitrogens with zero attached hydrogens (tertiary/aromatic N) is 1. The van der Waals surface area contributed by atoms with Crippen LogP contribution >= 0.6 is 0 Å². The van der Waals surface area contributed by atoms with Gasteiger partial charge in [-0.2, -0.15) is 0 Å². The molecule has 0 radical (unpaired) electrons. The normalized spacial score (nSPS) is 31.1. The fourth-order valence-corrected chi connectivity index (χ4v) is 4.19. The first kappa shape index (κ1) is 17.6. The largest absolute Gasteiger partial charge is 0.444 e. The summed E-state index contributed by atoms with van der Waals surface area (Å²) in [4.78, 5) is 14.0. The van der Waals surface area contributed by atoms with Gasteiger partial charge in [-0.25, -0.2) is 4.79 Å². The summed E-state index contributed by atoms with van der Waals surface area (Å²) < 4.78 is 5.48. The van der Waals surface area contributed by atoms with Crippen LogP contribution < -0.4 is 5.73 Å². The van der Waals surface area contributed by atoms with Crippen molar-refractivity contribution in [3.05, 3.63) is 0 Å². The van der Waals surface area contributed by atoms with Crippen molar-refractivity contribution in [2.24, 2.45) is 23.5 Å². The first-order valence-corrected chi connectivity index (χ1v) is 9.05. The standard InChI is InChI=1S/C18H34N2O2/c1-5-13-8-6-7-9-15(13)16(19)14-10-11-20(12-14)17(21)22-18(2,3)4/h13-16H,5-12,19H2,1-4H3. The molecule has 4 heteroatoms. The van der Waals surface area contributed by atoms with Crippen molar-refractivity contribution in [2.45, 2.75) is 77.9 Å². The minimum absolute atomic E-state index is 0.183. The summed E-state index contributed by atoms with van der Waals surface area (Å²) in [5, 5.41) is 0. The molecule has 0 aromatic heterocycles. The minimum atomic E-state index is -0.423. The Morgan fingerprint density at radius 1 is 1.27 bits per heavy atom. The van der Waals surface area contributed by atoms with Crippen LogP contribution in [0.15, 0.2) is 0 Å². The lowest BCUT2D eigenvalue weighted by Crippen LogP contribution is -2.44. The number of rotatable bonds is 3. The van der Waals surface area contributed by atoms with Gasteiger partial charge in [0.25, 0.3) is 0 Å². The van der Waals surface area contributed by atoms with Crippen LogP contribution in [0.25, 0.3) is 0 Å². The molecule has 128 valence electrons. The third-order valence-corrected chi connectivity index (χ3v) is 5.41. The summed E-state index contributed by atoms with van der Waals surface area (Å²) in [6.07, 6.45) is 7.35. The van der Waals surface area contributed by atoms with E-state index in [2.05, 4.69) is 6.92 Å². The van der Waals surface area contributed by atoms with E-state index in [0.29, 0.717) is 11.8 Å². The Morgan fingerprint density at radius 3 is 2.59 bits per heavy atom. The molecule has 2 rings (SSSR count). The van der Waals surface area contributed by atoms with Crippen LogP contribution in [0.5, 0.6) is 0 Å². The molecule has 0 spiro atoms. The molecular weight excluding hydrogens is 276 g/mol. The van der Waals surface area contributed by atoms with Gasteiger partial charge in [-0.1, -0.05) is 32.6 Å². The van der Waals surface area contributed by atoms with Crippen molar-refractivity contribution in [1.82, 2.24) is 4.90 Å². The maximum absolute atomic E-state index is 12.2. The predicted molar refractivity (Wildman–Crippen MR) is 89.6 cm³/mol. The van der Waals surface area contributed by atoms with E-state index in [0.717, 1.165) is 25.4 Å². The van der Waals surface area contributed by atoms with Crippen molar-refractivity contribution in [3.8, 4) is 0 Å². The van der Waals surface area contributed by atoms with Crippen LogP contribution in [-0.4, -0.2) is 35.7 Å². The molecule has 22 heavy (non-hydrogen) atoms. The van der Waals surface area contributed by atoms with Gasteiger partial charge >= 0.3 is 6.09 Å². The van der Waals surface area contributed by atoms with Gasteiger partial charge in [0.2, 0.25) is 0 Å². The summed E-state index contributed by atoms with van der Waals surface area (Å²) in [6, 6.07) is 0.234. The smallest absolute Gasteiger partial charge is 0.410 e. The molecule has 2 aliphatic rings. The summed E-state index contributed by atoms with van der Waals surface area (Å²) in [7, 11) is 0. The van der Waals surface area contributed by atoms with Crippen LogP contribution in [-0.2, 0) is 4.74 Å². The molecule has 1 saturated carbocycles. The lowest BCUT2D eigenvalue weighted by Gasteiger charge is -2.37. The monoisotopic (exact) mass is 310 g/mol. The zero-order chi connectivity index (χ0) is 16.3. The number of carbonyl (C=O) groups is 1. The van der Waals surface area contributed by atoms with Gasteiger partial charge in [0.05, 0.1) is 0 Å². The van der Waals surface area contributed by atoms with Crippen molar-refractivity contribution >= 4 is 6.09 Å². The van der Waals surface area contributed by atoms with E-state index < -0.39 is 5.60 Å². The van der Waals surface area contributed by atoms with Crippen LogP contribution in [0.4, 0.5) is 4.79 Å². The van der Waals surface area contributed by atoms with Crippen molar-refractivity contribution in [1.29, 1.82) is 0 Å². The number of likely N-dealkylation sites (tertiary alicyclic amines) is 1. The Morgan fingerprint density at radius 2 is 1.95 bits per heavy atom. The summed E-state index contributed by atoms with van der Waals surface area (Å²) in [5.41, 5.74) is 6.21. The van der Waals surface area contributed by atoms with Crippen molar-refractivity contribution in [2.75, 3.05) is 13.1 Å². The van der Waals surface area contributed by atoms with Crippen molar-refractivity contribution in [3.63, 3.8) is 0 Å². The number of hydrogen-bond donors (Lipinski definition) is 1. The molecule has 1 saturated heterocycles.